The van der Waals surface area contributed by atoms with Crippen molar-refractivity contribution in [3.8, 4) is 0 Å². The van der Waals surface area contributed by atoms with E-state index in [2.05, 4.69) is 26.6 Å². The second kappa shape index (κ2) is 4.37. The van der Waals surface area contributed by atoms with Gasteiger partial charge in [-0.05, 0) is 26.1 Å². The molecule has 0 aromatic rings. The van der Waals surface area contributed by atoms with Gasteiger partial charge in [-0.15, -0.1) is 11.6 Å². The van der Waals surface area contributed by atoms with Gasteiger partial charge in [0.2, 0.25) is 0 Å². The fourth-order valence-electron chi connectivity index (χ4n) is 0.724. The maximum Gasteiger partial charge on any atom is 0.184 e. The molecule has 0 saturated heterocycles. The second-order valence-electron chi connectivity index (χ2n) is 3.41. The molecule has 0 aliphatic rings. The standard InChI is InChI=1S/C7H17ClOSi/c1-5-7(6-8)9-10(2,3)4/h7H,5-6H2,1-4H3/t7-/m0/s1. The fourth-order valence-corrected chi connectivity index (χ4v) is 2.36. The van der Waals surface area contributed by atoms with Gasteiger partial charge in [0, 0.05) is 5.88 Å². The van der Waals surface area contributed by atoms with Crippen molar-refractivity contribution in [2.24, 2.45) is 0 Å². The van der Waals surface area contributed by atoms with Gasteiger partial charge in [0.15, 0.2) is 8.32 Å². The van der Waals surface area contributed by atoms with Crippen LogP contribution in [0.3, 0.4) is 0 Å². The minimum Gasteiger partial charge on any atom is -0.414 e. The molecule has 0 fully saturated rings. The Balaban J connectivity index is 3.63. The molecular formula is C7H17ClOSi. The lowest BCUT2D eigenvalue weighted by atomic mass is 10.3. The molecule has 10 heavy (non-hydrogen) atoms. The van der Waals surface area contributed by atoms with Crippen LogP contribution in [0, 0.1) is 0 Å². The number of halogens is 1. The van der Waals surface area contributed by atoms with E-state index in [1.807, 2.05) is 0 Å². The van der Waals surface area contributed by atoms with Crippen LogP contribution in [0.15, 0.2) is 0 Å². The predicted molar refractivity (Wildman–Crippen MR) is 49.2 cm³/mol. The number of hydrogen-bond donors (Lipinski definition) is 0. The van der Waals surface area contributed by atoms with Crippen LogP contribution in [0.1, 0.15) is 13.3 Å². The zero-order valence-corrected chi connectivity index (χ0v) is 9.03. The Labute approximate surface area is 69.9 Å². The highest BCUT2D eigenvalue weighted by molar-refractivity contribution is 6.69. The third kappa shape index (κ3) is 5.27. The van der Waals surface area contributed by atoms with E-state index in [-0.39, 0.29) is 6.10 Å². The summed E-state index contributed by atoms with van der Waals surface area (Å²) in [5, 5.41) is 0. The van der Waals surface area contributed by atoms with E-state index >= 15 is 0 Å². The average Bonchev–Trinajstić information content (AvgIpc) is 1.81. The topological polar surface area (TPSA) is 9.23 Å². The Hall–Kier alpha value is 0.467. The third-order valence-electron chi connectivity index (χ3n) is 1.15. The Kier molecular flexibility index (Phi) is 4.57. The van der Waals surface area contributed by atoms with Crippen LogP contribution in [0.4, 0.5) is 0 Å². The summed E-state index contributed by atoms with van der Waals surface area (Å²) in [5.41, 5.74) is 0. The van der Waals surface area contributed by atoms with E-state index in [1.165, 1.54) is 0 Å². The first kappa shape index (κ1) is 10.5. The lowest BCUT2D eigenvalue weighted by Gasteiger charge is -2.23. The number of rotatable bonds is 4. The Morgan fingerprint density at radius 3 is 2.00 bits per heavy atom. The molecule has 0 aliphatic heterocycles. The molecule has 0 spiro atoms. The molecule has 0 aliphatic carbocycles. The van der Waals surface area contributed by atoms with Gasteiger partial charge in [0.05, 0.1) is 6.10 Å². The highest BCUT2D eigenvalue weighted by Crippen LogP contribution is 2.10. The van der Waals surface area contributed by atoms with Crippen molar-refractivity contribution >= 4 is 19.9 Å². The molecule has 3 heteroatoms. The highest BCUT2D eigenvalue weighted by atomic mass is 35.5. The summed E-state index contributed by atoms with van der Waals surface area (Å²) in [6.45, 7) is 8.65. The van der Waals surface area contributed by atoms with Gasteiger partial charge in [-0.25, -0.2) is 0 Å². The summed E-state index contributed by atoms with van der Waals surface area (Å²) in [6.07, 6.45) is 1.29. The normalized spacial score (nSPS) is 15.3. The average molecular weight is 181 g/mol. The van der Waals surface area contributed by atoms with Gasteiger partial charge in [0.25, 0.3) is 0 Å². The zero-order chi connectivity index (χ0) is 8.20. The van der Waals surface area contributed by atoms with Gasteiger partial charge in [-0.2, -0.15) is 0 Å². The molecule has 0 amide bonds. The lowest BCUT2D eigenvalue weighted by molar-refractivity contribution is 0.213. The van der Waals surface area contributed by atoms with Crippen LogP contribution < -0.4 is 0 Å². The van der Waals surface area contributed by atoms with Gasteiger partial charge in [-0.1, -0.05) is 6.92 Å². The largest absolute Gasteiger partial charge is 0.414 e. The number of alkyl halides is 1. The van der Waals surface area contributed by atoms with Crippen molar-refractivity contribution in [2.75, 3.05) is 5.88 Å². The molecule has 0 aromatic carbocycles. The molecule has 1 atom stereocenters. The first-order chi connectivity index (χ1) is 4.49. The SMILES string of the molecule is CC[C@@H](CCl)O[Si](C)(C)C. The van der Waals surface area contributed by atoms with E-state index in [4.69, 9.17) is 16.0 Å². The minimum absolute atomic E-state index is 0.272. The molecule has 0 unspecified atom stereocenters. The van der Waals surface area contributed by atoms with Gasteiger partial charge < -0.3 is 4.43 Å². The van der Waals surface area contributed by atoms with Crippen LogP contribution in [0.2, 0.25) is 19.6 Å². The van der Waals surface area contributed by atoms with Crippen molar-refractivity contribution in [3.63, 3.8) is 0 Å². The summed E-state index contributed by atoms with van der Waals surface area (Å²) in [5.74, 6) is 0.626. The van der Waals surface area contributed by atoms with Crippen LogP contribution in [-0.4, -0.2) is 20.3 Å². The first-order valence-electron chi connectivity index (χ1n) is 3.73. The Morgan fingerprint density at radius 1 is 1.40 bits per heavy atom. The predicted octanol–water partition coefficient (Wildman–Crippen LogP) is 2.86. The molecule has 0 saturated carbocycles. The maximum absolute atomic E-state index is 5.74. The quantitative estimate of drug-likeness (QED) is 0.478. The number of hydrogen-bond acceptors (Lipinski definition) is 1. The second-order valence-corrected chi connectivity index (χ2v) is 8.18. The highest BCUT2D eigenvalue weighted by Gasteiger charge is 2.18. The zero-order valence-electron chi connectivity index (χ0n) is 7.28. The van der Waals surface area contributed by atoms with Gasteiger partial charge >= 0.3 is 0 Å². The molecule has 0 aromatic heterocycles. The minimum atomic E-state index is -1.35. The molecule has 0 radical (unpaired) electrons. The summed E-state index contributed by atoms with van der Waals surface area (Å²) >= 11 is 5.67. The van der Waals surface area contributed by atoms with E-state index in [0.29, 0.717) is 5.88 Å². The van der Waals surface area contributed by atoms with Crippen LogP contribution in [-0.2, 0) is 4.43 Å². The van der Waals surface area contributed by atoms with E-state index in [1.54, 1.807) is 0 Å². The summed E-state index contributed by atoms with van der Waals surface area (Å²) in [7, 11) is -1.35. The third-order valence-corrected chi connectivity index (χ3v) is 2.53. The molecular weight excluding hydrogens is 164 g/mol. The van der Waals surface area contributed by atoms with Crippen molar-refractivity contribution in [2.45, 2.75) is 39.1 Å². The monoisotopic (exact) mass is 180 g/mol. The van der Waals surface area contributed by atoms with Crippen molar-refractivity contribution in [3.05, 3.63) is 0 Å². The summed E-state index contributed by atoms with van der Waals surface area (Å²) in [4.78, 5) is 0. The molecule has 0 heterocycles. The van der Waals surface area contributed by atoms with Crippen LogP contribution in [0.25, 0.3) is 0 Å². The Bertz CT molecular complexity index is 86.1. The van der Waals surface area contributed by atoms with Crippen LogP contribution in [0.5, 0.6) is 0 Å². The van der Waals surface area contributed by atoms with E-state index in [0.717, 1.165) is 6.42 Å². The molecule has 0 N–H and O–H groups in total. The van der Waals surface area contributed by atoms with Crippen molar-refractivity contribution in [1.29, 1.82) is 0 Å². The molecule has 62 valence electrons. The van der Waals surface area contributed by atoms with Crippen molar-refractivity contribution < 1.29 is 4.43 Å². The van der Waals surface area contributed by atoms with Gasteiger partial charge in [-0.3, -0.25) is 0 Å². The lowest BCUT2D eigenvalue weighted by Crippen LogP contribution is -2.32. The fraction of sp³-hybridized carbons (Fsp3) is 1.00. The van der Waals surface area contributed by atoms with E-state index in [9.17, 15) is 0 Å². The molecule has 0 bridgehead atoms. The summed E-state index contributed by atoms with van der Waals surface area (Å²) < 4.78 is 5.74. The summed E-state index contributed by atoms with van der Waals surface area (Å²) in [6, 6.07) is 0. The molecule has 0 rings (SSSR count). The maximum atomic E-state index is 5.74. The van der Waals surface area contributed by atoms with Crippen LogP contribution >= 0.6 is 11.6 Å². The Morgan fingerprint density at radius 2 is 1.90 bits per heavy atom. The van der Waals surface area contributed by atoms with Crippen molar-refractivity contribution in [1.82, 2.24) is 0 Å². The first-order valence-corrected chi connectivity index (χ1v) is 7.67. The van der Waals surface area contributed by atoms with E-state index < -0.39 is 8.32 Å². The smallest absolute Gasteiger partial charge is 0.184 e. The molecule has 1 nitrogen and oxygen atoms in total. The van der Waals surface area contributed by atoms with Gasteiger partial charge in [0.1, 0.15) is 0 Å².